The lowest BCUT2D eigenvalue weighted by Gasteiger charge is -2.25. The van der Waals surface area contributed by atoms with E-state index < -0.39 is 11.9 Å². The fraction of sp³-hybridized carbons (Fsp3) is 0.304. The Balaban J connectivity index is 1.81. The zero-order valence-electron chi connectivity index (χ0n) is 17.9. The van der Waals surface area contributed by atoms with Crippen LogP contribution in [0.15, 0.2) is 36.4 Å². The summed E-state index contributed by atoms with van der Waals surface area (Å²) in [6.45, 7) is 1.64. The quantitative estimate of drug-likeness (QED) is 0.519. The first-order valence-corrected chi connectivity index (χ1v) is 10.2. The van der Waals surface area contributed by atoms with Crippen LogP contribution in [0.5, 0.6) is 0 Å². The van der Waals surface area contributed by atoms with Gasteiger partial charge in [0.05, 0.1) is 5.69 Å². The molecule has 3 amide bonds. The molecule has 0 spiro atoms. The number of nitrogens with zero attached hydrogens (tertiary/aromatic N) is 1. The minimum Gasteiger partial charge on any atom is -0.381 e. The van der Waals surface area contributed by atoms with Crippen LogP contribution in [0.4, 0.5) is 15.8 Å². The van der Waals surface area contributed by atoms with Gasteiger partial charge in [0, 0.05) is 55.9 Å². The summed E-state index contributed by atoms with van der Waals surface area (Å²) in [6.07, 6.45) is 1.11. The molecule has 2 aromatic carbocycles. The van der Waals surface area contributed by atoms with Gasteiger partial charge >= 0.3 is 0 Å². The van der Waals surface area contributed by atoms with Crippen molar-refractivity contribution in [2.24, 2.45) is 0 Å². The van der Waals surface area contributed by atoms with Crippen molar-refractivity contribution in [1.29, 1.82) is 0 Å². The van der Waals surface area contributed by atoms with Crippen LogP contribution >= 0.6 is 0 Å². The summed E-state index contributed by atoms with van der Waals surface area (Å²) in [5, 5.41) is 8.16. The molecule has 1 atom stereocenters. The maximum Gasteiger partial charge on any atom is 0.255 e. The van der Waals surface area contributed by atoms with Crippen molar-refractivity contribution in [2.45, 2.75) is 38.9 Å². The fourth-order valence-corrected chi connectivity index (χ4v) is 3.79. The van der Waals surface area contributed by atoms with Gasteiger partial charge in [-0.25, -0.2) is 4.39 Å². The summed E-state index contributed by atoms with van der Waals surface area (Å²) in [7, 11) is 1.49. The molecule has 3 N–H and O–H groups in total. The van der Waals surface area contributed by atoms with Crippen molar-refractivity contribution in [3.05, 3.63) is 58.9 Å². The van der Waals surface area contributed by atoms with E-state index in [2.05, 4.69) is 16.0 Å². The first kappa shape index (κ1) is 22.9. The summed E-state index contributed by atoms with van der Waals surface area (Å²) in [5.41, 5.74) is 2.26. The molecule has 0 bridgehead atoms. The normalized spacial score (nSPS) is 13.3. The third-order valence-corrected chi connectivity index (χ3v) is 5.34. The zero-order chi connectivity index (χ0) is 23.3. The number of carbonyl (C=O) groups excluding carboxylic acids is 4. The molecule has 1 unspecified atom stereocenters. The van der Waals surface area contributed by atoms with Crippen molar-refractivity contribution >= 4 is 35.4 Å². The van der Waals surface area contributed by atoms with Crippen molar-refractivity contribution in [3.63, 3.8) is 0 Å². The summed E-state index contributed by atoms with van der Waals surface area (Å²) in [6, 6.07) is 9.15. The second kappa shape index (κ2) is 10.0. The smallest absolute Gasteiger partial charge is 0.255 e. The van der Waals surface area contributed by atoms with Gasteiger partial charge in [-0.15, -0.1) is 0 Å². The molecule has 0 fully saturated rings. The molecular formula is C23H25FN4O4. The average molecular weight is 440 g/mol. The van der Waals surface area contributed by atoms with Gasteiger partial charge in [0.25, 0.3) is 5.91 Å². The number of hydrogen-bond donors (Lipinski definition) is 3. The second-order valence-corrected chi connectivity index (χ2v) is 7.45. The van der Waals surface area contributed by atoms with Gasteiger partial charge < -0.3 is 25.6 Å². The van der Waals surface area contributed by atoms with Gasteiger partial charge in [-0.1, -0.05) is 18.2 Å². The van der Waals surface area contributed by atoms with Gasteiger partial charge in [-0.3, -0.25) is 14.4 Å². The zero-order valence-corrected chi connectivity index (χ0v) is 17.9. The molecule has 1 aliphatic heterocycles. The number of anilines is 2. The van der Waals surface area contributed by atoms with E-state index in [1.807, 2.05) is 0 Å². The van der Waals surface area contributed by atoms with Crippen molar-refractivity contribution in [3.8, 4) is 0 Å². The summed E-state index contributed by atoms with van der Waals surface area (Å²) < 4.78 is 14.7. The van der Waals surface area contributed by atoms with E-state index in [9.17, 15) is 23.6 Å². The Kier molecular flexibility index (Phi) is 7.19. The van der Waals surface area contributed by atoms with Crippen LogP contribution in [0.25, 0.3) is 0 Å². The molecule has 0 saturated heterocycles. The number of hydrogen-bond acceptors (Lipinski definition) is 5. The van der Waals surface area contributed by atoms with Gasteiger partial charge in [-0.2, -0.15) is 0 Å². The Bertz CT molecular complexity index is 1060. The van der Waals surface area contributed by atoms with E-state index in [1.165, 1.54) is 24.9 Å². The van der Waals surface area contributed by atoms with E-state index in [-0.39, 0.29) is 49.3 Å². The van der Waals surface area contributed by atoms with Crippen LogP contribution in [-0.4, -0.2) is 42.0 Å². The summed E-state index contributed by atoms with van der Waals surface area (Å²) >= 11 is 0. The fourth-order valence-electron chi connectivity index (χ4n) is 3.79. The number of likely N-dealkylation sites (N-methyl/N-ethyl adjacent to an activating group) is 1. The van der Waals surface area contributed by atoms with Crippen molar-refractivity contribution in [2.75, 3.05) is 17.7 Å². The minimum absolute atomic E-state index is 0.0973. The van der Waals surface area contributed by atoms with Crippen molar-refractivity contribution < 1.29 is 23.6 Å². The number of aldehydes is 1. The van der Waals surface area contributed by atoms with E-state index in [1.54, 1.807) is 30.3 Å². The highest BCUT2D eigenvalue weighted by Gasteiger charge is 2.36. The average Bonchev–Trinajstić information content (AvgIpc) is 3.11. The Labute approximate surface area is 185 Å². The lowest BCUT2D eigenvalue weighted by Crippen LogP contribution is -2.46. The number of fused-ring (bicyclic) bond motifs is 1. The highest BCUT2D eigenvalue weighted by molar-refractivity contribution is 6.02. The largest absolute Gasteiger partial charge is 0.381 e. The molecule has 0 saturated carbocycles. The van der Waals surface area contributed by atoms with Crippen LogP contribution < -0.4 is 16.0 Å². The molecule has 2 aromatic rings. The van der Waals surface area contributed by atoms with Crippen LogP contribution in [-0.2, 0) is 27.5 Å². The monoisotopic (exact) mass is 440 g/mol. The molecule has 1 aliphatic rings. The predicted molar refractivity (Wildman–Crippen MR) is 117 cm³/mol. The Hall–Kier alpha value is -3.75. The minimum atomic E-state index is -0.760. The Morgan fingerprint density at radius 1 is 1.19 bits per heavy atom. The molecule has 32 heavy (non-hydrogen) atoms. The van der Waals surface area contributed by atoms with E-state index in [0.29, 0.717) is 22.4 Å². The molecule has 9 heteroatoms. The predicted octanol–water partition coefficient (Wildman–Crippen LogP) is 2.45. The summed E-state index contributed by atoms with van der Waals surface area (Å²) in [5.74, 6) is -1.52. The molecule has 8 nitrogen and oxygen atoms in total. The van der Waals surface area contributed by atoms with Crippen LogP contribution in [0, 0.1) is 5.82 Å². The standard InChI is InChI=1S/C23H25FN4O4/c1-14(30)27-19-9-3-6-15(21(19)24)12-26-18-8-4-7-16-17(18)13-28(23(16)32)20(10-5-11-29)22(31)25-2/h3-4,6-9,11,20,26H,5,10,12-13H2,1-2H3,(H,25,31)(H,27,30). The number of nitrogens with one attached hydrogen (secondary N) is 3. The third kappa shape index (κ3) is 4.77. The van der Waals surface area contributed by atoms with Crippen molar-refractivity contribution in [1.82, 2.24) is 10.2 Å². The van der Waals surface area contributed by atoms with Gasteiger partial charge in [0.15, 0.2) is 5.82 Å². The first-order valence-electron chi connectivity index (χ1n) is 10.2. The maximum atomic E-state index is 14.7. The maximum absolute atomic E-state index is 14.7. The molecule has 3 rings (SSSR count). The van der Waals surface area contributed by atoms with Crippen LogP contribution in [0.2, 0.25) is 0 Å². The summed E-state index contributed by atoms with van der Waals surface area (Å²) in [4.78, 5) is 48.8. The molecule has 0 aliphatic carbocycles. The molecule has 168 valence electrons. The van der Waals surface area contributed by atoms with Gasteiger partial charge in [0.2, 0.25) is 11.8 Å². The van der Waals surface area contributed by atoms with Crippen LogP contribution in [0.1, 0.15) is 41.3 Å². The number of carbonyl (C=O) groups is 4. The topological polar surface area (TPSA) is 108 Å². The number of benzene rings is 2. The number of halogens is 1. The Morgan fingerprint density at radius 3 is 2.59 bits per heavy atom. The molecule has 0 aromatic heterocycles. The van der Waals surface area contributed by atoms with Gasteiger partial charge in [-0.05, 0) is 24.6 Å². The van der Waals surface area contributed by atoms with Crippen LogP contribution in [0.3, 0.4) is 0 Å². The SMILES string of the molecule is CNC(=O)C(CCC=O)N1Cc2c(NCc3cccc(NC(C)=O)c3F)cccc2C1=O. The van der Waals surface area contributed by atoms with E-state index in [4.69, 9.17) is 0 Å². The third-order valence-electron chi connectivity index (χ3n) is 5.34. The van der Waals surface area contributed by atoms with E-state index in [0.717, 1.165) is 6.29 Å². The lowest BCUT2D eigenvalue weighted by molar-refractivity contribution is -0.125. The van der Waals surface area contributed by atoms with Gasteiger partial charge in [0.1, 0.15) is 12.3 Å². The molecular weight excluding hydrogens is 415 g/mol. The number of rotatable bonds is 9. The number of amides is 3. The highest BCUT2D eigenvalue weighted by Crippen LogP contribution is 2.32. The molecule has 1 heterocycles. The first-order chi connectivity index (χ1) is 15.4. The lowest BCUT2D eigenvalue weighted by atomic mass is 10.1. The second-order valence-electron chi connectivity index (χ2n) is 7.45. The molecule has 0 radical (unpaired) electrons. The highest BCUT2D eigenvalue weighted by atomic mass is 19.1. The Morgan fingerprint density at radius 2 is 1.91 bits per heavy atom. The van der Waals surface area contributed by atoms with E-state index >= 15 is 0 Å².